The van der Waals surface area contributed by atoms with Crippen molar-refractivity contribution in [1.29, 1.82) is 0 Å². The van der Waals surface area contributed by atoms with Crippen LogP contribution in [-0.2, 0) is 4.79 Å². The summed E-state index contributed by atoms with van der Waals surface area (Å²) in [4.78, 5) is 16.4. The lowest BCUT2D eigenvalue weighted by Crippen LogP contribution is -2.57. The van der Waals surface area contributed by atoms with Gasteiger partial charge in [0.15, 0.2) is 6.10 Å². The summed E-state index contributed by atoms with van der Waals surface area (Å²) in [5.41, 5.74) is -0.579. The standard InChI is InChI=1S/C17H26N2O3/c1-13(22-15-9-6-10-18-11-15)16(21)19-17(2,12-20)14-7-4-3-5-8-14/h6,9-11,13-14,20H,3-5,7-8,12H2,1-2H3,(H,19,21)/t13-,17-/m0/s1. The monoisotopic (exact) mass is 306 g/mol. The minimum Gasteiger partial charge on any atom is -0.479 e. The molecule has 0 saturated heterocycles. The number of hydrogen-bond acceptors (Lipinski definition) is 4. The van der Waals surface area contributed by atoms with Crippen LogP contribution in [0.1, 0.15) is 46.0 Å². The lowest BCUT2D eigenvalue weighted by Gasteiger charge is -2.39. The summed E-state index contributed by atoms with van der Waals surface area (Å²) in [6.45, 7) is 3.59. The third kappa shape index (κ3) is 4.19. The van der Waals surface area contributed by atoms with Gasteiger partial charge in [-0.3, -0.25) is 9.78 Å². The SMILES string of the molecule is C[C@H](Oc1cccnc1)C(=O)N[C@@](C)(CO)C1CCCCC1. The molecule has 1 fully saturated rings. The van der Waals surface area contributed by atoms with Gasteiger partial charge in [0.2, 0.25) is 0 Å². The molecule has 2 atom stereocenters. The Morgan fingerprint density at radius 1 is 1.50 bits per heavy atom. The van der Waals surface area contributed by atoms with E-state index in [4.69, 9.17) is 4.74 Å². The first kappa shape index (κ1) is 16.7. The molecule has 1 aliphatic carbocycles. The lowest BCUT2D eigenvalue weighted by molar-refractivity contribution is -0.130. The molecule has 1 aliphatic rings. The third-order valence-electron chi connectivity index (χ3n) is 4.56. The normalized spacial score (nSPS) is 20.0. The van der Waals surface area contributed by atoms with E-state index in [1.807, 2.05) is 6.92 Å². The van der Waals surface area contributed by atoms with Gasteiger partial charge in [0, 0.05) is 6.20 Å². The maximum absolute atomic E-state index is 12.4. The van der Waals surface area contributed by atoms with Gasteiger partial charge in [0.05, 0.1) is 18.3 Å². The summed E-state index contributed by atoms with van der Waals surface area (Å²) in [5.74, 6) is 0.681. The van der Waals surface area contributed by atoms with E-state index in [9.17, 15) is 9.90 Å². The van der Waals surface area contributed by atoms with Gasteiger partial charge in [0.1, 0.15) is 5.75 Å². The predicted molar refractivity (Wildman–Crippen MR) is 84.5 cm³/mol. The number of nitrogens with one attached hydrogen (secondary N) is 1. The van der Waals surface area contributed by atoms with E-state index in [-0.39, 0.29) is 12.5 Å². The second-order valence-corrected chi connectivity index (χ2v) is 6.35. The van der Waals surface area contributed by atoms with Gasteiger partial charge in [-0.1, -0.05) is 19.3 Å². The van der Waals surface area contributed by atoms with Crippen molar-refractivity contribution in [1.82, 2.24) is 10.3 Å². The zero-order valence-electron chi connectivity index (χ0n) is 13.4. The molecule has 122 valence electrons. The molecule has 2 rings (SSSR count). The minimum absolute atomic E-state index is 0.0526. The molecule has 0 bridgehead atoms. The molecule has 1 heterocycles. The highest BCUT2D eigenvalue weighted by atomic mass is 16.5. The highest BCUT2D eigenvalue weighted by Gasteiger charge is 2.37. The summed E-state index contributed by atoms with van der Waals surface area (Å²) in [6, 6.07) is 3.53. The molecule has 22 heavy (non-hydrogen) atoms. The molecular formula is C17H26N2O3. The second-order valence-electron chi connectivity index (χ2n) is 6.35. The van der Waals surface area contributed by atoms with Gasteiger partial charge < -0.3 is 15.2 Å². The van der Waals surface area contributed by atoms with Gasteiger partial charge in [-0.25, -0.2) is 0 Å². The Hall–Kier alpha value is -1.62. The van der Waals surface area contributed by atoms with Crippen LogP contribution in [-0.4, -0.2) is 34.2 Å². The number of hydrogen-bond donors (Lipinski definition) is 2. The van der Waals surface area contributed by atoms with Crippen LogP contribution in [0, 0.1) is 5.92 Å². The Kier molecular flexibility index (Phi) is 5.77. The fourth-order valence-corrected chi connectivity index (χ4v) is 3.07. The first-order valence-electron chi connectivity index (χ1n) is 8.05. The number of carbonyl (C=O) groups excluding carboxylic acids is 1. The van der Waals surface area contributed by atoms with Gasteiger partial charge in [-0.15, -0.1) is 0 Å². The third-order valence-corrected chi connectivity index (χ3v) is 4.56. The van der Waals surface area contributed by atoms with Gasteiger partial charge in [-0.05, 0) is 44.7 Å². The number of amides is 1. The molecule has 2 N–H and O–H groups in total. The van der Waals surface area contributed by atoms with E-state index in [0.717, 1.165) is 25.7 Å². The van der Waals surface area contributed by atoms with Gasteiger partial charge >= 0.3 is 0 Å². The van der Waals surface area contributed by atoms with Crippen molar-refractivity contribution in [3.63, 3.8) is 0 Å². The fourth-order valence-electron chi connectivity index (χ4n) is 3.07. The molecule has 0 aliphatic heterocycles. The molecule has 1 aromatic heterocycles. The quantitative estimate of drug-likeness (QED) is 0.846. The van der Waals surface area contributed by atoms with Crippen LogP contribution in [0.15, 0.2) is 24.5 Å². The first-order valence-corrected chi connectivity index (χ1v) is 8.05. The minimum atomic E-state index is -0.626. The number of aliphatic hydroxyl groups is 1. The van der Waals surface area contributed by atoms with Crippen LogP contribution in [0.2, 0.25) is 0 Å². The van der Waals surface area contributed by atoms with E-state index >= 15 is 0 Å². The molecule has 0 unspecified atom stereocenters. The van der Waals surface area contributed by atoms with E-state index < -0.39 is 11.6 Å². The van der Waals surface area contributed by atoms with Crippen LogP contribution in [0.4, 0.5) is 0 Å². The van der Waals surface area contributed by atoms with Crippen molar-refractivity contribution < 1.29 is 14.6 Å². The van der Waals surface area contributed by atoms with Crippen LogP contribution in [0.3, 0.4) is 0 Å². The number of pyridine rings is 1. The maximum atomic E-state index is 12.4. The van der Waals surface area contributed by atoms with Crippen molar-refractivity contribution in [2.24, 2.45) is 5.92 Å². The highest BCUT2D eigenvalue weighted by molar-refractivity contribution is 5.81. The van der Waals surface area contributed by atoms with E-state index in [1.165, 1.54) is 6.42 Å². The number of aliphatic hydroxyl groups excluding tert-OH is 1. The maximum Gasteiger partial charge on any atom is 0.261 e. The summed E-state index contributed by atoms with van der Waals surface area (Å²) in [6.07, 6.45) is 8.28. The Bertz CT molecular complexity index is 474. The average Bonchev–Trinajstić information content (AvgIpc) is 2.56. The van der Waals surface area contributed by atoms with Crippen molar-refractivity contribution >= 4 is 5.91 Å². The van der Waals surface area contributed by atoms with Crippen molar-refractivity contribution in [2.75, 3.05) is 6.61 Å². The van der Waals surface area contributed by atoms with E-state index in [1.54, 1.807) is 31.5 Å². The average molecular weight is 306 g/mol. The van der Waals surface area contributed by atoms with Crippen LogP contribution in [0.25, 0.3) is 0 Å². The van der Waals surface area contributed by atoms with Crippen LogP contribution < -0.4 is 10.1 Å². The molecule has 0 radical (unpaired) electrons. The molecule has 1 saturated carbocycles. The Morgan fingerprint density at radius 3 is 2.82 bits per heavy atom. The van der Waals surface area contributed by atoms with Gasteiger partial charge in [0.25, 0.3) is 5.91 Å². The van der Waals surface area contributed by atoms with E-state index in [2.05, 4.69) is 10.3 Å². The molecule has 0 aromatic carbocycles. The van der Waals surface area contributed by atoms with Crippen LogP contribution in [0.5, 0.6) is 5.75 Å². The number of ether oxygens (including phenoxy) is 1. The van der Waals surface area contributed by atoms with Crippen LogP contribution >= 0.6 is 0 Å². The van der Waals surface area contributed by atoms with E-state index in [0.29, 0.717) is 11.7 Å². The predicted octanol–water partition coefficient (Wildman–Crippen LogP) is 2.30. The summed E-state index contributed by atoms with van der Waals surface area (Å²) < 4.78 is 5.60. The molecule has 5 heteroatoms. The summed E-state index contributed by atoms with van der Waals surface area (Å²) >= 11 is 0. The molecule has 0 spiro atoms. The smallest absolute Gasteiger partial charge is 0.261 e. The zero-order chi connectivity index (χ0) is 16.0. The van der Waals surface area contributed by atoms with Crippen molar-refractivity contribution in [3.05, 3.63) is 24.5 Å². The summed E-state index contributed by atoms with van der Waals surface area (Å²) in [5, 5.41) is 12.8. The first-order chi connectivity index (χ1) is 10.5. The molecule has 1 aromatic rings. The number of aromatic nitrogens is 1. The number of rotatable bonds is 6. The lowest BCUT2D eigenvalue weighted by atomic mass is 9.76. The van der Waals surface area contributed by atoms with Gasteiger partial charge in [-0.2, -0.15) is 0 Å². The molecular weight excluding hydrogens is 280 g/mol. The second kappa shape index (κ2) is 7.58. The Balaban J connectivity index is 1.95. The molecule has 1 amide bonds. The highest BCUT2D eigenvalue weighted by Crippen LogP contribution is 2.32. The number of carbonyl (C=O) groups is 1. The zero-order valence-corrected chi connectivity index (χ0v) is 13.4. The number of nitrogens with zero attached hydrogens (tertiary/aromatic N) is 1. The summed E-state index contributed by atoms with van der Waals surface area (Å²) in [7, 11) is 0. The Morgan fingerprint density at radius 2 is 2.23 bits per heavy atom. The Labute approximate surface area is 132 Å². The fraction of sp³-hybridized carbons (Fsp3) is 0.647. The topological polar surface area (TPSA) is 71.5 Å². The van der Waals surface area contributed by atoms with Crippen molar-refractivity contribution in [2.45, 2.75) is 57.6 Å². The van der Waals surface area contributed by atoms with Crippen molar-refractivity contribution in [3.8, 4) is 5.75 Å². The largest absolute Gasteiger partial charge is 0.479 e. The molecule has 5 nitrogen and oxygen atoms in total.